The first-order chi connectivity index (χ1) is 23.3. The average molecular weight is 679 g/mol. The highest BCUT2D eigenvalue weighted by Crippen LogP contribution is 2.46. The van der Waals surface area contributed by atoms with E-state index < -0.39 is 28.6 Å². The number of amides is 1. The van der Waals surface area contributed by atoms with Gasteiger partial charge in [0, 0.05) is 52.3 Å². The molecule has 1 spiro atoms. The Bertz CT molecular complexity index is 1840. The van der Waals surface area contributed by atoms with Gasteiger partial charge >= 0.3 is 6.18 Å². The topological polar surface area (TPSA) is 110 Å². The molecule has 1 amide bonds. The lowest BCUT2D eigenvalue weighted by molar-refractivity contribution is -0.141. The number of aryl methyl sites for hydroxylation is 2. The highest BCUT2D eigenvalue weighted by atomic mass is 19.4. The molecular weight excluding hydrogens is 640 g/mol. The van der Waals surface area contributed by atoms with E-state index in [1.807, 2.05) is 31.7 Å². The number of amidine groups is 1. The maximum Gasteiger partial charge on any atom is 0.433 e. The Morgan fingerprint density at radius 2 is 1.73 bits per heavy atom. The van der Waals surface area contributed by atoms with E-state index in [-0.39, 0.29) is 30.9 Å². The molecule has 1 aromatic carbocycles. The number of ether oxygens (including phenoxy) is 1. The number of benzene rings is 1. The van der Waals surface area contributed by atoms with Crippen molar-refractivity contribution < 1.29 is 31.9 Å². The van der Waals surface area contributed by atoms with Crippen LogP contribution in [-0.2, 0) is 38.9 Å². The number of piperidine rings is 1. The summed E-state index contributed by atoms with van der Waals surface area (Å²) in [5, 5.41) is 2.88. The molecule has 1 N–H and O–H groups in total. The maximum absolute atomic E-state index is 16.0. The van der Waals surface area contributed by atoms with Crippen LogP contribution in [0.3, 0.4) is 0 Å². The fourth-order valence-electron chi connectivity index (χ4n) is 7.31. The van der Waals surface area contributed by atoms with E-state index in [1.165, 1.54) is 12.1 Å². The summed E-state index contributed by atoms with van der Waals surface area (Å²) >= 11 is 0. The molecule has 3 fully saturated rings. The minimum atomic E-state index is -4.59. The molecule has 9 nitrogen and oxygen atoms in total. The van der Waals surface area contributed by atoms with Crippen molar-refractivity contribution in [3.63, 3.8) is 0 Å². The van der Waals surface area contributed by atoms with E-state index in [0.717, 1.165) is 31.6 Å². The second kappa shape index (κ2) is 12.3. The van der Waals surface area contributed by atoms with Crippen LogP contribution in [-0.4, -0.2) is 57.7 Å². The molecule has 2 aliphatic carbocycles. The third-order valence-electron chi connectivity index (χ3n) is 10.4. The second-order valence-electron chi connectivity index (χ2n) is 14.0. The van der Waals surface area contributed by atoms with E-state index >= 15 is 4.39 Å². The Labute approximate surface area is 281 Å². The number of nitrogens with zero attached hydrogens (tertiary/aromatic N) is 5. The number of halogens is 4. The number of alkyl halides is 3. The molecule has 13 heteroatoms. The van der Waals surface area contributed by atoms with Gasteiger partial charge in [-0.15, -0.1) is 0 Å². The summed E-state index contributed by atoms with van der Waals surface area (Å²) in [6.07, 6.45) is 1.16. The molecular formula is C36H38F4N6O3. The number of aldehydes is 1. The number of pyridine rings is 1. The normalized spacial score (nSPS) is 19.9. The van der Waals surface area contributed by atoms with Crippen LogP contribution in [0.4, 0.5) is 23.2 Å². The summed E-state index contributed by atoms with van der Waals surface area (Å²) in [5.41, 5.74) is 1.74. The first-order valence-electron chi connectivity index (χ1n) is 16.8. The van der Waals surface area contributed by atoms with Gasteiger partial charge in [0.15, 0.2) is 0 Å². The van der Waals surface area contributed by atoms with E-state index in [1.54, 1.807) is 0 Å². The molecule has 2 saturated carbocycles. The number of carbonyl (C=O) groups is 2. The molecule has 2 aliphatic heterocycles. The summed E-state index contributed by atoms with van der Waals surface area (Å²) in [6, 6.07) is 5.70. The lowest BCUT2D eigenvalue weighted by Gasteiger charge is -2.39. The zero-order valence-corrected chi connectivity index (χ0v) is 27.7. The summed E-state index contributed by atoms with van der Waals surface area (Å²) in [7, 11) is 0. The lowest BCUT2D eigenvalue weighted by Crippen LogP contribution is -2.49. The molecule has 0 unspecified atom stereocenters. The second-order valence-corrected chi connectivity index (χ2v) is 14.0. The first kappa shape index (κ1) is 33.2. The van der Waals surface area contributed by atoms with Gasteiger partial charge in [-0.3, -0.25) is 9.79 Å². The largest absolute Gasteiger partial charge is 0.433 e. The Morgan fingerprint density at radius 1 is 1.04 bits per heavy atom. The van der Waals surface area contributed by atoms with Gasteiger partial charge in [0.1, 0.15) is 35.0 Å². The average Bonchev–Trinajstić information content (AvgIpc) is 3.81. The SMILES string of the molecule is Cc1nc(CC=O)nc(C)c1-c1cc(F)c(COC2CC2)c(N2CCC3(CC2)N=C(c2ccc(C(F)(F)F)nc2C2(C)CCC2)NC3=O)c1. The fraction of sp³-hybridized carbons (Fsp3) is 0.500. The quantitative estimate of drug-likeness (QED) is 0.216. The van der Waals surface area contributed by atoms with Crippen molar-refractivity contribution in [1.82, 2.24) is 20.3 Å². The summed E-state index contributed by atoms with van der Waals surface area (Å²) < 4.78 is 62.9. The number of rotatable bonds is 9. The molecule has 7 rings (SSSR count). The number of hydrogen-bond acceptors (Lipinski definition) is 8. The van der Waals surface area contributed by atoms with Gasteiger partial charge in [-0.1, -0.05) is 13.3 Å². The van der Waals surface area contributed by atoms with Gasteiger partial charge in [-0.2, -0.15) is 13.2 Å². The van der Waals surface area contributed by atoms with Crippen molar-refractivity contribution in [2.24, 2.45) is 4.99 Å². The monoisotopic (exact) mass is 678 g/mol. The van der Waals surface area contributed by atoms with Crippen molar-refractivity contribution in [2.75, 3.05) is 18.0 Å². The van der Waals surface area contributed by atoms with E-state index in [0.29, 0.717) is 89.6 Å². The minimum Gasteiger partial charge on any atom is -0.373 e. The van der Waals surface area contributed by atoms with Crippen LogP contribution in [0.1, 0.15) is 91.6 Å². The van der Waals surface area contributed by atoms with Crippen molar-refractivity contribution >= 4 is 23.7 Å². The van der Waals surface area contributed by atoms with Crippen LogP contribution in [0.5, 0.6) is 0 Å². The first-order valence-corrected chi connectivity index (χ1v) is 16.8. The van der Waals surface area contributed by atoms with E-state index in [9.17, 15) is 22.8 Å². The predicted molar refractivity (Wildman–Crippen MR) is 174 cm³/mol. The van der Waals surface area contributed by atoms with Gasteiger partial charge in [0.2, 0.25) is 0 Å². The van der Waals surface area contributed by atoms with E-state index in [4.69, 9.17) is 9.73 Å². The molecule has 4 aliphatic rings. The van der Waals surface area contributed by atoms with Crippen LogP contribution in [0.2, 0.25) is 0 Å². The highest BCUT2D eigenvalue weighted by Gasteiger charge is 2.48. The predicted octanol–water partition coefficient (Wildman–Crippen LogP) is 6.09. The number of nitrogens with one attached hydrogen (secondary N) is 1. The van der Waals surface area contributed by atoms with Gasteiger partial charge in [-0.05, 0) is 82.2 Å². The maximum atomic E-state index is 16.0. The summed E-state index contributed by atoms with van der Waals surface area (Å²) in [4.78, 5) is 44.6. The van der Waals surface area contributed by atoms with Gasteiger partial charge in [0.25, 0.3) is 5.91 Å². The molecule has 258 valence electrons. The van der Waals surface area contributed by atoms with Crippen LogP contribution >= 0.6 is 0 Å². The molecule has 0 atom stereocenters. The Balaban J connectivity index is 1.20. The summed E-state index contributed by atoms with van der Waals surface area (Å²) in [5.74, 6) is -0.0722. The van der Waals surface area contributed by atoms with Crippen LogP contribution in [0.25, 0.3) is 11.1 Å². The summed E-state index contributed by atoms with van der Waals surface area (Å²) in [6.45, 7) is 6.38. The van der Waals surface area contributed by atoms with Crippen molar-refractivity contribution in [3.8, 4) is 11.1 Å². The Hall–Kier alpha value is -4.26. The molecule has 2 aromatic heterocycles. The Kier molecular flexibility index (Phi) is 8.32. The molecule has 3 aromatic rings. The van der Waals surface area contributed by atoms with Gasteiger partial charge in [-0.25, -0.2) is 19.3 Å². The number of anilines is 1. The molecule has 0 radical (unpaired) electrons. The van der Waals surface area contributed by atoms with Crippen LogP contribution in [0.15, 0.2) is 29.3 Å². The van der Waals surface area contributed by atoms with Gasteiger partial charge in [0.05, 0.1) is 24.8 Å². The number of hydrogen-bond donors (Lipinski definition) is 1. The van der Waals surface area contributed by atoms with Crippen molar-refractivity contribution in [2.45, 2.75) is 102 Å². The van der Waals surface area contributed by atoms with Crippen LogP contribution in [0, 0.1) is 19.7 Å². The van der Waals surface area contributed by atoms with Crippen LogP contribution < -0.4 is 10.2 Å². The zero-order valence-electron chi connectivity index (χ0n) is 27.7. The molecule has 0 bridgehead atoms. The Morgan fingerprint density at radius 3 is 2.33 bits per heavy atom. The highest BCUT2D eigenvalue weighted by molar-refractivity contribution is 6.16. The molecule has 1 saturated heterocycles. The standard InChI is InChI=1S/C36H38F4N6O3/c1-20-30(21(2)42-29(41-20)9-16-47)22-17-26(37)25(19-49-23-5-6-23)27(18-22)46-14-12-35(13-15-46)33(48)44-32(45-35)24-7-8-28(36(38,39)40)43-31(24)34(3)10-4-11-34/h7-8,16-18,23H,4-6,9-15,19H2,1-3H3,(H,44,45,48). The minimum absolute atomic E-state index is 0.0856. The number of aromatic nitrogens is 3. The van der Waals surface area contributed by atoms with Gasteiger partial charge < -0.3 is 19.7 Å². The van der Waals surface area contributed by atoms with Crippen molar-refractivity contribution in [3.05, 3.63) is 69.8 Å². The third kappa shape index (κ3) is 6.21. The number of carbonyl (C=O) groups excluding carboxylic acids is 2. The fourth-order valence-corrected chi connectivity index (χ4v) is 7.31. The lowest BCUT2D eigenvalue weighted by atomic mass is 9.67. The molecule has 49 heavy (non-hydrogen) atoms. The van der Waals surface area contributed by atoms with Crippen molar-refractivity contribution in [1.29, 1.82) is 0 Å². The smallest absolute Gasteiger partial charge is 0.373 e. The third-order valence-corrected chi connectivity index (χ3v) is 10.4. The number of aliphatic imine (C=N–C) groups is 1. The van der Waals surface area contributed by atoms with E-state index in [2.05, 4.69) is 20.3 Å². The molecule has 4 heterocycles. The zero-order chi connectivity index (χ0) is 34.7.